The van der Waals surface area contributed by atoms with Crippen molar-refractivity contribution in [3.05, 3.63) is 34.8 Å². The van der Waals surface area contributed by atoms with Gasteiger partial charge in [-0.2, -0.15) is 0 Å². The number of aryl methyl sites for hydroxylation is 1. The van der Waals surface area contributed by atoms with Crippen LogP contribution in [0, 0.1) is 6.92 Å². The van der Waals surface area contributed by atoms with E-state index in [2.05, 4.69) is 20.6 Å². The number of carbonyl (C=O) groups excluding carboxylic acids is 3. The fourth-order valence-electron chi connectivity index (χ4n) is 3.34. The van der Waals surface area contributed by atoms with Crippen molar-refractivity contribution in [3.63, 3.8) is 0 Å². The molecule has 33 heavy (non-hydrogen) atoms. The molecule has 10 nitrogen and oxygen atoms in total. The third-order valence-corrected chi connectivity index (χ3v) is 6.73. The van der Waals surface area contributed by atoms with Crippen molar-refractivity contribution in [2.75, 3.05) is 43.4 Å². The Hall–Kier alpha value is -3.25. The molecule has 2 N–H and O–H groups in total. The molecule has 4 rings (SSSR count). The normalized spacial score (nSPS) is 13.8. The summed E-state index contributed by atoms with van der Waals surface area (Å²) < 4.78 is 6.01. The van der Waals surface area contributed by atoms with Crippen LogP contribution in [0.4, 0.5) is 19.9 Å². The van der Waals surface area contributed by atoms with Crippen LogP contribution in [0.25, 0.3) is 10.2 Å². The Labute approximate surface area is 198 Å². The Morgan fingerprint density at radius 1 is 1.06 bits per heavy atom. The number of thiazole rings is 2. The van der Waals surface area contributed by atoms with Gasteiger partial charge in [-0.25, -0.2) is 19.6 Å². The highest BCUT2D eigenvalue weighted by atomic mass is 32.1. The minimum atomic E-state index is -0.360. The lowest BCUT2D eigenvalue weighted by molar-refractivity contribution is -0.115. The number of fused-ring (bicyclic) bond motifs is 1. The van der Waals surface area contributed by atoms with Crippen LogP contribution in [0.15, 0.2) is 23.6 Å². The number of anilines is 2. The molecule has 1 saturated heterocycles. The molecule has 4 amide bonds. The Bertz CT molecular complexity index is 1170. The molecule has 3 aromatic rings. The topological polar surface area (TPSA) is 117 Å². The number of rotatable bonds is 5. The molecule has 0 spiro atoms. The minimum absolute atomic E-state index is 0.0829. The Morgan fingerprint density at radius 3 is 2.58 bits per heavy atom. The van der Waals surface area contributed by atoms with E-state index in [1.165, 1.54) is 22.7 Å². The molecule has 3 heterocycles. The highest BCUT2D eigenvalue weighted by Crippen LogP contribution is 2.27. The maximum Gasteiger partial charge on any atom is 0.409 e. The fourth-order valence-corrected chi connectivity index (χ4v) is 5.02. The smallest absolute Gasteiger partial charge is 0.409 e. The van der Waals surface area contributed by atoms with Gasteiger partial charge in [-0.1, -0.05) is 17.4 Å². The summed E-state index contributed by atoms with van der Waals surface area (Å²) in [5.41, 5.74) is 2.56. The SMILES string of the molecule is CCOC(=O)N1CCN(C(=O)Nc2nc(CC(=O)Nc3nc4ccc(C)cc4s3)cs2)CC1. The molecular weight excluding hydrogens is 464 g/mol. The number of hydrogen-bond acceptors (Lipinski definition) is 8. The molecule has 0 unspecified atom stereocenters. The van der Waals surface area contributed by atoms with Crippen molar-refractivity contribution in [1.29, 1.82) is 0 Å². The molecule has 2 aromatic heterocycles. The Kier molecular flexibility index (Phi) is 7.04. The number of urea groups is 1. The van der Waals surface area contributed by atoms with E-state index in [1.54, 1.807) is 22.1 Å². The first kappa shape index (κ1) is 22.9. The van der Waals surface area contributed by atoms with E-state index in [4.69, 9.17) is 4.74 Å². The van der Waals surface area contributed by atoms with Gasteiger partial charge in [0.1, 0.15) is 0 Å². The first-order chi connectivity index (χ1) is 15.9. The number of amides is 4. The quantitative estimate of drug-likeness (QED) is 0.567. The van der Waals surface area contributed by atoms with E-state index in [0.717, 1.165) is 15.8 Å². The molecule has 0 saturated carbocycles. The second kappa shape index (κ2) is 10.1. The van der Waals surface area contributed by atoms with Crippen molar-refractivity contribution < 1.29 is 19.1 Å². The zero-order chi connectivity index (χ0) is 23.4. The van der Waals surface area contributed by atoms with Gasteiger partial charge in [-0.15, -0.1) is 11.3 Å². The largest absolute Gasteiger partial charge is 0.450 e. The van der Waals surface area contributed by atoms with Crippen molar-refractivity contribution in [2.24, 2.45) is 0 Å². The Morgan fingerprint density at radius 2 is 1.82 bits per heavy atom. The number of piperazine rings is 1. The molecular formula is C21H24N6O4S2. The maximum absolute atomic E-state index is 12.5. The van der Waals surface area contributed by atoms with E-state index < -0.39 is 0 Å². The van der Waals surface area contributed by atoms with Gasteiger partial charge in [-0.05, 0) is 31.5 Å². The van der Waals surface area contributed by atoms with Gasteiger partial charge >= 0.3 is 12.1 Å². The van der Waals surface area contributed by atoms with Gasteiger partial charge in [0.25, 0.3) is 0 Å². The van der Waals surface area contributed by atoms with Crippen molar-refractivity contribution in [2.45, 2.75) is 20.3 Å². The van der Waals surface area contributed by atoms with Gasteiger partial charge in [0, 0.05) is 31.6 Å². The summed E-state index contributed by atoms with van der Waals surface area (Å²) in [5.74, 6) is -0.218. The second-order valence-electron chi connectivity index (χ2n) is 7.46. The summed E-state index contributed by atoms with van der Waals surface area (Å²) in [6, 6.07) is 5.67. The average Bonchev–Trinajstić information content (AvgIpc) is 3.39. The lowest BCUT2D eigenvalue weighted by atomic mass is 10.2. The number of hydrogen-bond donors (Lipinski definition) is 2. The number of carbonyl (C=O) groups is 3. The molecule has 0 atom stereocenters. The number of nitrogens with zero attached hydrogens (tertiary/aromatic N) is 4. The Balaban J connectivity index is 1.26. The summed E-state index contributed by atoms with van der Waals surface area (Å²) in [7, 11) is 0. The highest BCUT2D eigenvalue weighted by molar-refractivity contribution is 7.22. The first-order valence-electron chi connectivity index (χ1n) is 10.5. The molecule has 12 heteroatoms. The predicted molar refractivity (Wildman–Crippen MR) is 128 cm³/mol. The number of nitrogens with one attached hydrogen (secondary N) is 2. The molecule has 1 fully saturated rings. The van der Waals surface area contributed by atoms with Crippen LogP contribution in [-0.2, 0) is 16.0 Å². The first-order valence-corrected chi connectivity index (χ1v) is 12.2. The monoisotopic (exact) mass is 488 g/mol. The third-order valence-electron chi connectivity index (χ3n) is 4.99. The number of aromatic nitrogens is 2. The molecule has 0 bridgehead atoms. The molecule has 1 aromatic carbocycles. The van der Waals surface area contributed by atoms with Crippen molar-refractivity contribution >= 4 is 61.2 Å². The van der Waals surface area contributed by atoms with E-state index in [-0.39, 0.29) is 24.5 Å². The average molecular weight is 489 g/mol. The molecule has 0 radical (unpaired) electrons. The lowest BCUT2D eigenvalue weighted by Crippen LogP contribution is -2.51. The van der Waals surface area contributed by atoms with Gasteiger partial charge in [0.2, 0.25) is 5.91 Å². The zero-order valence-electron chi connectivity index (χ0n) is 18.3. The van der Waals surface area contributed by atoms with E-state index in [1.807, 2.05) is 25.1 Å². The van der Waals surface area contributed by atoms with Crippen LogP contribution in [0.1, 0.15) is 18.2 Å². The van der Waals surface area contributed by atoms with Gasteiger partial charge in [0.05, 0.1) is 28.9 Å². The van der Waals surface area contributed by atoms with Crippen LogP contribution in [-0.4, -0.2) is 70.6 Å². The summed E-state index contributed by atoms with van der Waals surface area (Å²) >= 11 is 2.69. The summed E-state index contributed by atoms with van der Waals surface area (Å²) in [6.07, 6.45) is -0.277. The molecule has 174 valence electrons. The van der Waals surface area contributed by atoms with Crippen LogP contribution < -0.4 is 10.6 Å². The maximum atomic E-state index is 12.5. The standard InChI is InChI=1S/C21H24N6O4S2/c1-3-31-21(30)27-8-6-26(7-9-27)20(29)25-18-22-14(12-32-18)11-17(28)24-19-23-15-5-4-13(2)10-16(15)33-19/h4-5,10,12H,3,6-9,11H2,1-2H3,(H,22,25,29)(H,23,24,28). The zero-order valence-corrected chi connectivity index (χ0v) is 19.9. The summed E-state index contributed by atoms with van der Waals surface area (Å²) in [6.45, 7) is 5.75. The summed E-state index contributed by atoms with van der Waals surface area (Å²) in [4.78, 5) is 48.7. The van der Waals surface area contributed by atoms with Gasteiger partial charge < -0.3 is 19.9 Å². The molecule has 0 aliphatic carbocycles. The van der Waals surface area contributed by atoms with E-state index >= 15 is 0 Å². The van der Waals surface area contributed by atoms with Crippen LogP contribution >= 0.6 is 22.7 Å². The van der Waals surface area contributed by atoms with Crippen molar-refractivity contribution in [3.8, 4) is 0 Å². The number of ether oxygens (including phenoxy) is 1. The lowest BCUT2D eigenvalue weighted by Gasteiger charge is -2.33. The van der Waals surface area contributed by atoms with Gasteiger partial charge in [0.15, 0.2) is 10.3 Å². The van der Waals surface area contributed by atoms with E-state index in [9.17, 15) is 14.4 Å². The predicted octanol–water partition coefficient (Wildman–Crippen LogP) is 3.55. The highest BCUT2D eigenvalue weighted by Gasteiger charge is 2.25. The fraction of sp³-hybridized carbons (Fsp3) is 0.381. The van der Waals surface area contributed by atoms with Crippen LogP contribution in [0.5, 0.6) is 0 Å². The van der Waals surface area contributed by atoms with Crippen LogP contribution in [0.2, 0.25) is 0 Å². The molecule has 1 aliphatic heterocycles. The van der Waals surface area contributed by atoms with Crippen LogP contribution in [0.3, 0.4) is 0 Å². The minimum Gasteiger partial charge on any atom is -0.450 e. The number of benzene rings is 1. The third kappa shape index (κ3) is 5.76. The molecule has 1 aliphatic rings. The second-order valence-corrected chi connectivity index (χ2v) is 9.35. The van der Waals surface area contributed by atoms with E-state index in [0.29, 0.717) is 48.7 Å². The van der Waals surface area contributed by atoms with Gasteiger partial charge in [-0.3, -0.25) is 10.1 Å². The summed E-state index contributed by atoms with van der Waals surface area (Å²) in [5, 5.41) is 8.30. The van der Waals surface area contributed by atoms with Crippen molar-refractivity contribution in [1.82, 2.24) is 19.8 Å².